The van der Waals surface area contributed by atoms with E-state index in [0.717, 1.165) is 6.42 Å². The van der Waals surface area contributed by atoms with Crippen molar-refractivity contribution in [3.05, 3.63) is 49.6 Å². The standard InChI is InChI=1S/C38H57N3O5S/c1-12-21-39(26-15-17-27(18-16-26)46-14-3)32(43)29-30-33(44)41(28(23-42)25(4)5)31(38(30)20-19-37(29,11)47-38)34(45)40(22-13-2)36(9,10)24-35(6,7)8/h12-13,15-18,25,28-31,42H,1-2,14,19-24H2,3-11H3/t28-,29-,30-,31?,37+,38?/m0/s1. The molecule has 4 rings (SSSR count). The maximum Gasteiger partial charge on any atom is 0.247 e. The van der Waals surface area contributed by atoms with Crippen LogP contribution in [0.3, 0.4) is 0 Å². The van der Waals surface area contributed by atoms with Gasteiger partial charge in [0, 0.05) is 29.1 Å². The topological polar surface area (TPSA) is 90.4 Å². The van der Waals surface area contributed by atoms with Gasteiger partial charge in [-0.05, 0) is 82.6 Å². The van der Waals surface area contributed by atoms with Crippen LogP contribution in [0.1, 0.15) is 81.6 Å². The van der Waals surface area contributed by atoms with Gasteiger partial charge in [-0.3, -0.25) is 14.4 Å². The summed E-state index contributed by atoms with van der Waals surface area (Å²) in [6.45, 7) is 27.4. The summed E-state index contributed by atoms with van der Waals surface area (Å²) in [4.78, 5) is 50.3. The zero-order valence-corrected chi connectivity index (χ0v) is 30.9. The van der Waals surface area contributed by atoms with Gasteiger partial charge >= 0.3 is 0 Å². The molecule has 9 heteroatoms. The fraction of sp³-hybridized carbons (Fsp3) is 0.658. The number of anilines is 1. The van der Waals surface area contributed by atoms with Crippen molar-refractivity contribution in [1.82, 2.24) is 9.80 Å². The highest BCUT2D eigenvalue weighted by atomic mass is 32.2. The minimum absolute atomic E-state index is 0.0538. The number of likely N-dealkylation sites (tertiary alicyclic amines) is 1. The van der Waals surface area contributed by atoms with Crippen LogP contribution in [0.5, 0.6) is 5.75 Å². The molecule has 260 valence electrons. The molecular formula is C38H57N3O5S. The van der Waals surface area contributed by atoms with Crippen LogP contribution in [-0.4, -0.2) is 86.0 Å². The lowest BCUT2D eigenvalue weighted by molar-refractivity contribution is -0.150. The normalized spacial score (nSPS) is 27.5. The lowest BCUT2D eigenvalue weighted by atomic mass is 9.66. The van der Waals surface area contributed by atoms with Crippen molar-refractivity contribution in [2.24, 2.45) is 23.2 Å². The van der Waals surface area contributed by atoms with E-state index in [4.69, 9.17) is 4.74 Å². The number of hydrogen-bond donors (Lipinski definition) is 1. The third-order valence-electron chi connectivity index (χ3n) is 10.3. The molecule has 8 nitrogen and oxygen atoms in total. The van der Waals surface area contributed by atoms with Crippen LogP contribution < -0.4 is 9.64 Å². The van der Waals surface area contributed by atoms with Gasteiger partial charge in [0.15, 0.2) is 0 Å². The molecule has 3 fully saturated rings. The van der Waals surface area contributed by atoms with Crippen LogP contribution in [0.25, 0.3) is 0 Å². The highest BCUT2D eigenvalue weighted by Gasteiger charge is 2.78. The smallest absolute Gasteiger partial charge is 0.247 e. The molecular weight excluding hydrogens is 611 g/mol. The van der Waals surface area contributed by atoms with E-state index in [9.17, 15) is 14.7 Å². The zero-order valence-electron chi connectivity index (χ0n) is 30.0. The minimum Gasteiger partial charge on any atom is -0.494 e. The van der Waals surface area contributed by atoms with E-state index in [1.54, 1.807) is 33.7 Å². The summed E-state index contributed by atoms with van der Waals surface area (Å²) in [7, 11) is 0. The quantitative estimate of drug-likeness (QED) is 0.233. The number of thioether (sulfide) groups is 1. The second-order valence-electron chi connectivity index (χ2n) is 15.9. The molecule has 1 spiro atoms. The second-order valence-corrected chi connectivity index (χ2v) is 17.8. The largest absolute Gasteiger partial charge is 0.494 e. The summed E-state index contributed by atoms with van der Waals surface area (Å²) in [5.74, 6) is -1.21. The Morgan fingerprint density at radius 1 is 1.09 bits per heavy atom. The van der Waals surface area contributed by atoms with Crippen molar-refractivity contribution >= 4 is 35.2 Å². The Morgan fingerprint density at radius 3 is 2.21 bits per heavy atom. The third-order valence-corrected chi connectivity index (χ3v) is 12.3. The van der Waals surface area contributed by atoms with Gasteiger partial charge in [-0.25, -0.2) is 0 Å². The van der Waals surface area contributed by atoms with Gasteiger partial charge in [-0.15, -0.1) is 24.9 Å². The first-order chi connectivity index (χ1) is 21.9. The molecule has 3 aliphatic rings. The molecule has 3 saturated heterocycles. The number of nitrogens with zero attached hydrogens (tertiary/aromatic N) is 3. The summed E-state index contributed by atoms with van der Waals surface area (Å²) >= 11 is 1.66. The molecule has 1 aromatic carbocycles. The van der Waals surface area contributed by atoms with E-state index in [2.05, 4.69) is 54.7 Å². The molecule has 6 atom stereocenters. The number of aliphatic hydroxyl groups is 1. The Labute approximate surface area is 287 Å². The molecule has 3 aliphatic heterocycles. The Balaban J connectivity index is 1.85. The fourth-order valence-corrected chi connectivity index (χ4v) is 11.1. The van der Waals surface area contributed by atoms with E-state index in [1.807, 2.05) is 49.9 Å². The van der Waals surface area contributed by atoms with E-state index in [1.165, 1.54) is 0 Å². The Morgan fingerprint density at radius 2 is 1.70 bits per heavy atom. The number of ether oxygens (including phenoxy) is 1. The van der Waals surface area contributed by atoms with Crippen LogP contribution in [-0.2, 0) is 14.4 Å². The predicted molar refractivity (Wildman–Crippen MR) is 192 cm³/mol. The molecule has 0 radical (unpaired) electrons. The number of carbonyl (C=O) groups excluding carboxylic acids is 3. The Bertz CT molecular complexity index is 1350. The van der Waals surface area contributed by atoms with Gasteiger partial charge in [0.05, 0.1) is 35.8 Å². The highest BCUT2D eigenvalue weighted by molar-refractivity contribution is 8.02. The number of amides is 3. The van der Waals surface area contributed by atoms with Gasteiger partial charge in [0.1, 0.15) is 11.8 Å². The molecule has 2 unspecified atom stereocenters. The van der Waals surface area contributed by atoms with E-state index < -0.39 is 39.0 Å². The van der Waals surface area contributed by atoms with Crippen molar-refractivity contribution in [2.45, 2.75) is 109 Å². The summed E-state index contributed by atoms with van der Waals surface area (Å²) in [5, 5.41) is 10.7. The van der Waals surface area contributed by atoms with Crippen LogP contribution in [0.2, 0.25) is 0 Å². The first-order valence-corrected chi connectivity index (χ1v) is 18.0. The molecule has 0 saturated carbocycles. The average molecular weight is 668 g/mol. The van der Waals surface area contributed by atoms with Gasteiger partial charge in [-0.1, -0.05) is 46.8 Å². The average Bonchev–Trinajstić information content (AvgIpc) is 3.54. The fourth-order valence-electron chi connectivity index (χ4n) is 8.81. The number of carbonyl (C=O) groups is 3. The zero-order chi connectivity index (χ0) is 35.1. The van der Waals surface area contributed by atoms with Gasteiger partial charge < -0.3 is 24.5 Å². The monoisotopic (exact) mass is 667 g/mol. The number of rotatable bonds is 14. The molecule has 47 heavy (non-hydrogen) atoms. The third kappa shape index (κ3) is 6.63. The van der Waals surface area contributed by atoms with E-state index >= 15 is 4.79 Å². The van der Waals surface area contributed by atoms with E-state index in [-0.39, 0.29) is 42.2 Å². The summed E-state index contributed by atoms with van der Waals surface area (Å²) in [6, 6.07) is 6.05. The van der Waals surface area contributed by atoms with Crippen molar-refractivity contribution < 1.29 is 24.2 Å². The Kier molecular flexibility index (Phi) is 10.7. The van der Waals surface area contributed by atoms with Crippen LogP contribution in [0, 0.1) is 23.2 Å². The summed E-state index contributed by atoms with van der Waals surface area (Å²) < 4.78 is 4.29. The number of aliphatic hydroxyl groups excluding tert-OH is 1. The maximum atomic E-state index is 15.2. The first kappa shape index (κ1) is 37.0. The van der Waals surface area contributed by atoms with Crippen LogP contribution in [0.15, 0.2) is 49.6 Å². The Hall–Kier alpha value is -2.78. The molecule has 0 aromatic heterocycles. The van der Waals surface area contributed by atoms with Crippen molar-refractivity contribution in [3.8, 4) is 5.75 Å². The van der Waals surface area contributed by atoms with Gasteiger partial charge in [-0.2, -0.15) is 0 Å². The first-order valence-electron chi connectivity index (χ1n) is 17.1. The van der Waals surface area contributed by atoms with Crippen LogP contribution >= 0.6 is 11.8 Å². The second kappa shape index (κ2) is 13.6. The maximum absolute atomic E-state index is 15.2. The molecule has 3 amide bonds. The lowest BCUT2D eigenvalue weighted by Crippen LogP contribution is -2.62. The summed E-state index contributed by atoms with van der Waals surface area (Å²) in [5.41, 5.74) is 0.117. The highest BCUT2D eigenvalue weighted by Crippen LogP contribution is 2.72. The van der Waals surface area contributed by atoms with Crippen molar-refractivity contribution in [2.75, 3.05) is 31.2 Å². The molecule has 3 heterocycles. The number of hydrogen-bond acceptors (Lipinski definition) is 6. The van der Waals surface area contributed by atoms with E-state index in [0.29, 0.717) is 37.4 Å². The summed E-state index contributed by atoms with van der Waals surface area (Å²) in [6.07, 6.45) is 5.55. The van der Waals surface area contributed by atoms with Gasteiger partial charge in [0.2, 0.25) is 17.7 Å². The van der Waals surface area contributed by atoms with Crippen LogP contribution in [0.4, 0.5) is 5.69 Å². The minimum atomic E-state index is -0.818. The number of benzene rings is 1. The lowest BCUT2D eigenvalue weighted by Gasteiger charge is -2.47. The molecule has 1 aromatic rings. The molecule has 2 bridgehead atoms. The van der Waals surface area contributed by atoms with Crippen molar-refractivity contribution in [3.63, 3.8) is 0 Å². The SMILES string of the molecule is C=CCN(C(=O)[C@@H]1[C@H]2C(=O)N([C@@H](CO)C(C)C)C(C(=O)N(CC=C)C(C)(C)CC(C)(C)C)C23CC[C@@]1(C)S3)c1ccc(OCC)cc1. The van der Waals surface area contributed by atoms with Crippen molar-refractivity contribution in [1.29, 1.82) is 0 Å². The van der Waals surface area contributed by atoms with Gasteiger partial charge in [0.25, 0.3) is 0 Å². The molecule has 1 N–H and O–H groups in total. The molecule has 0 aliphatic carbocycles. The predicted octanol–water partition coefficient (Wildman–Crippen LogP) is 6.33. The number of fused-ring (bicyclic) bond motifs is 1.